The molecule has 0 unspecified atom stereocenters. The van der Waals surface area contributed by atoms with Crippen molar-refractivity contribution in [3.8, 4) is 6.01 Å². The molecular formula is C17H18N6O4. The third kappa shape index (κ3) is 3.33. The van der Waals surface area contributed by atoms with Crippen molar-refractivity contribution >= 4 is 23.1 Å². The molecule has 1 fully saturated rings. The van der Waals surface area contributed by atoms with Gasteiger partial charge in [0.1, 0.15) is 5.82 Å². The molecule has 0 radical (unpaired) electrons. The van der Waals surface area contributed by atoms with Crippen LogP contribution in [0.1, 0.15) is 18.9 Å². The fourth-order valence-corrected chi connectivity index (χ4v) is 3.35. The lowest BCUT2D eigenvalue weighted by Gasteiger charge is -2.33. The molecule has 0 spiro atoms. The van der Waals surface area contributed by atoms with Crippen molar-refractivity contribution in [2.45, 2.75) is 18.9 Å². The zero-order valence-electron chi connectivity index (χ0n) is 14.7. The van der Waals surface area contributed by atoms with Gasteiger partial charge in [0.2, 0.25) is 0 Å². The van der Waals surface area contributed by atoms with Gasteiger partial charge < -0.3 is 14.4 Å². The lowest BCUT2D eigenvalue weighted by Crippen LogP contribution is -2.37. The molecule has 0 atom stereocenters. The average molecular weight is 370 g/mol. The first kappa shape index (κ1) is 17.0. The molecule has 1 N–H and O–H groups in total. The van der Waals surface area contributed by atoms with Crippen molar-refractivity contribution < 1.29 is 14.3 Å². The molecule has 140 valence electrons. The van der Waals surface area contributed by atoms with Crippen molar-refractivity contribution in [3.63, 3.8) is 0 Å². The van der Waals surface area contributed by atoms with E-state index in [1.165, 1.54) is 13.3 Å². The molecule has 1 aliphatic rings. The summed E-state index contributed by atoms with van der Waals surface area (Å²) >= 11 is 0. The van der Waals surface area contributed by atoms with E-state index in [9.17, 15) is 9.59 Å². The molecule has 4 rings (SSSR count). The standard InChI is InChI=1S/C17H18N6O4/c1-26-17(25)27-15-19-8-4-13(20-15)22-9-5-11(6-10-22)23-12-3-2-7-18-14(12)21-16(23)24/h2-4,7-8,11H,5-6,9-10H2,1H3,(H,18,21,24). The van der Waals surface area contributed by atoms with Gasteiger partial charge in [-0.2, -0.15) is 4.98 Å². The fraction of sp³-hybridized carbons (Fsp3) is 0.353. The largest absolute Gasteiger partial charge is 0.516 e. The summed E-state index contributed by atoms with van der Waals surface area (Å²) in [5, 5.41) is 0. The predicted octanol–water partition coefficient (Wildman–Crippen LogP) is 1.50. The number of carbonyl (C=O) groups is 1. The second-order valence-electron chi connectivity index (χ2n) is 6.14. The maximum absolute atomic E-state index is 12.3. The number of carbonyl (C=O) groups excluding carboxylic acids is 1. The Morgan fingerprint density at radius 2 is 2.04 bits per heavy atom. The first-order valence-corrected chi connectivity index (χ1v) is 8.55. The Balaban J connectivity index is 1.49. The molecule has 0 aliphatic carbocycles. The minimum atomic E-state index is -0.863. The summed E-state index contributed by atoms with van der Waals surface area (Å²) in [7, 11) is 1.22. The molecule has 10 nitrogen and oxygen atoms in total. The van der Waals surface area contributed by atoms with Gasteiger partial charge in [-0.3, -0.25) is 9.55 Å². The highest BCUT2D eigenvalue weighted by atomic mass is 16.7. The van der Waals surface area contributed by atoms with Gasteiger partial charge in [-0.25, -0.2) is 19.6 Å². The Hall–Kier alpha value is -3.43. The molecule has 1 aliphatic heterocycles. The topological polar surface area (TPSA) is 115 Å². The van der Waals surface area contributed by atoms with Gasteiger partial charge in [0.15, 0.2) is 5.65 Å². The fourth-order valence-electron chi connectivity index (χ4n) is 3.35. The van der Waals surface area contributed by atoms with Crippen molar-refractivity contribution in [1.82, 2.24) is 24.5 Å². The van der Waals surface area contributed by atoms with E-state index in [1.54, 1.807) is 16.8 Å². The number of methoxy groups -OCH3 is 1. The smallest absolute Gasteiger partial charge is 0.437 e. The minimum Gasteiger partial charge on any atom is -0.437 e. The lowest BCUT2D eigenvalue weighted by molar-refractivity contribution is 0.117. The number of nitrogens with zero attached hydrogens (tertiary/aromatic N) is 5. The van der Waals surface area contributed by atoms with E-state index in [-0.39, 0.29) is 17.7 Å². The van der Waals surface area contributed by atoms with E-state index in [2.05, 4.69) is 29.6 Å². The van der Waals surface area contributed by atoms with Gasteiger partial charge in [0.05, 0.1) is 12.6 Å². The van der Waals surface area contributed by atoms with Crippen LogP contribution in [0.4, 0.5) is 10.6 Å². The maximum Gasteiger partial charge on any atom is 0.516 e. The Kier molecular flexibility index (Phi) is 4.45. The predicted molar refractivity (Wildman–Crippen MR) is 95.9 cm³/mol. The van der Waals surface area contributed by atoms with Crippen LogP contribution in [0.15, 0.2) is 35.4 Å². The number of rotatable bonds is 3. The normalized spacial score (nSPS) is 15.1. The summed E-state index contributed by atoms with van der Waals surface area (Å²) < 4.78 is 11.1. The van der Waals surface area contributed by atoms with Crippen molar-refractivity contribution in [3.05, 3.63) is 41.1 Å². The summed E-state index contributed by atoms with van der Waals surface area (Å²) in [4.78, 5) is 40.8. The lowest BCUT2D eigenvalue weighted by atomic mass is 10.0. The number of aromatic nitrogens is 5. The van der Waals surface area contributed by atoms with Gasteiger partial charge in [-0.05, 0) is 31.0 Å². The van der Waals surface area contributed by atoms with E-state index < -0.39 is 6.16 Å². The number of nitrogens with one attached hydrogen (secondary N) is 1. The number of pyridine rings is 1. The number of aromatic amines is 1. The number of piperidine rings is 1. The van der Waals surface area contributed by atoms with Gasteiger partial charge in [-0.1, -0.05) is 0 Å². The highest BCUT2D eigenvalue weighted by Crippen LogP contribution is 2.27. The molecule has 0 bridgehead atoms. The first-order valence-electron chi connectivity index (χ1n) is 8.55. The molecule has 3 aromatic rings. The summed E-state index contributed by atoms with van der Waals surface area (Å²) in [5.41, 5.74) is 1.28. The molecule has 4 heterocycles. The minimum absolute atomic E-state index is 0.0552. The Labute approximate surface area is 153 Å². The first-order chi connectivity index (χ1) is 13.2. The van der Waals surface area contributed by atoms with Gasteiger partial charge in [0, 0.05) is 31.5 Å². The molecule has 27 heavy (non-hydrogen) atoms. The van der Waals surface area contributed by atoms with Gasteiger partial charge in [0.25, 0.3) is 0 Å². The highest BCUT2D eigenvalue weighted by molar-refractivity contribution is 5.70. The van der Waals surface area contributed by atoms with Crippen molar-refractivity contribution in [1.29, 1.82) is 0 Å². The monoisotopic (exact) mass is 370 g/mol. The summed E-state index contributed by atoms with van der Waals surface area (Å²) in [6.07, 6.45) is 3.88. The van der Waals surface area contributed by atoms with Crippen LogP contribution in [0.25, 0.3) is 11.2 Å². The van der Waals surface area contributed by atoms with Crippen LogP contribution in [0, 0.1) is 0 Å². The van der Waals surface area contributed by atoms with Gasteiger partial charge in [-0.15, -0.1) is 0 Å². The number of hydrogen-bond acceptors (Lipinski definition) is 8. The zero-order chi connectivity index (χ0) is 18.8. The van der Waals surface area contributed by atoms with Crippen LogP contribution in [-0.4, -0.2) is 50.9 Å². The Morgan fingerprint density at radius 3 is 2.81 bits per heavy atom. The van der Waals surface area contributed by atoms with Crippen LogP contribution >= 0.6 is 0 Å². The number of anilines is 1. The average Bonchev–Trinajstić information content (AvgIpc) is 3.04. The van der Waals surface area contributed by atoms with Gasteiger partial charge >= 0.3 is 17.9 Å². The number of hydrogen-bond donors (Lipinski definition) is 1. The van der Waals surface area contributed by atoms with Crippen LogP contribution in [0.2, 0.25) is 0 Å². The molecule has 1 saturated heterocycles. The van der Waals surface area contributed by atoms with Crippen molar-refractivity contribution in [2.24, 2.45) is 0 Å². The Morgan fingerprint density at radius 1 is 1.22 bits per heavy atom. The highest BCUT2D eigenvalue weighted by Gasteiger charge is 2.25. The Bertz CT molecular complexity index is 1020. The number of ether oxygens (including phenoxy) is 2. The molecule has 0 aromatic carbocycles. The SMILES string of the molecule is COC(=O)Oc1nccc(N2CCC(n3c(=O)[nH]c4ncccc43)CC2)n1. The number of imidazole rings is 1. The summed E-state index contributed by atoms with van der Waals surface area (Å²) in [6.45, 7) is 1.41. The van der Waals surface area contributed by atoms with E-state index in [0.29, 0.717) is 24.6 Å². The summed E-state index contributed by atoms with van der Waals surface area (Å²) in [5.74, 6) is 0.662. The van der Waals surface area contributed by atoms with E-state index >= 15 is 0 Å². The summed E-state index contributed by atoms with van der Waals surface area (Å²) in [6, 6.07) is 5.50. The second kappa shape index (κ2) is 7.06. The third-order valence-electron chi connectivity index (χ3n) is 4.60. The zero-order valence-corrected chi connectivity index (χ0v) is 14.7. The third-order valence-corrected chi connectivity index (χ3v) is 4.60. The number of H-pyrrole nitrogens is 1. The van der Waals surface area contributed by atoms with E-state index in [1.807, 2.05) is 12.1 Å². The van der Waals surface area contributed by atoms with Crippen LogP contribution < -0.4 is 15.3 Å². The molecule has 3 aromatic heterocycles. The quantitative estimate of drug-likeness (QED) is 0.690. The molecular weight excluding hydrogens is 352 g/mol. The molecule has 0 amide bonds. The van der Waals surface area contributed by atoms with E-state index in [4.69, 9.17) is 4.74 Å². The molecule has 0 saturated carbocycles. The van der Waals surface area contributed by atoms with E-state index in [0.717, 1.165) is 18.4 Å². The van der Waals surface area contributed by atoms with Crippen molar-refractivity contribution in [2.75, 3.05) is 25.1 Å². The maximum atomic E-state index is 12.3. The molecule has 10 heteroatoms. The van der Waals surface area contributed by atoms with Crippen LogP contribution in [-0.2, 0) is 4.74 Å². The number of fused-ring (bicyclic) bond motifs is 1. The van der Waals surface area contributed by atoms with Crippen LogP contribution in [0.5, 0.6) is 6.01 Å². The second-order valence-corrected chi connectivity index (χ2v) is 6.14. The van der Waals surface area contributed by atoms with Crippen LogP contribution in [0.3, 0.4) is 0 Å².